The average Bonchev–Trinajstić information content (AvgIpc) is 2.16. The molecule has 1 aliphatic heterocycles. The molecule has 1 rings (SSSR count). The van der Waals surface area contributed by atoms with E-state index in [0.29, 0.717) is 26.2 Å². The number of piperazine rings is 1. The van der Waals surface area contributed by atoms with E-state index in [0.717, 1.165) is 0 Å². The maximum absolute atomic E-state index is 11.1. The van der Waals surface area contributed by atoms with Crippen molar-refractivity contribution in [2.45, 2.75) is 19.4 Å². The van der Waals surface area contributed by atoms with Crippen LogP contribution in [0.1, 0.15) is 13.8 Å². The molecule has 0 aromatic carbocycles. The number of rotatable bonds is 3. The zero-order chi connectivity index (χ0) is 12.6. The molecule has 0 atom stereocenters. The summed E-state index contributed by atoms with van der Waals surface area (Å²) in [6.45, 7) is 5.45. The number of nitrogens with zero attached hydrogens (tertiary/aromatic N) is 2. The van der Waals surface area contributed by atoms with Crippen molar-refractivity contribution >= 4 is 16.0 Å². The zero-order valence-corrected chi connectivity index (χ0v) is 10.4. The molecule has 0 aromatic heterocycles. The van der Waals surface area contributed by atoms with Gasteiger partial charge in [0.2, 0.25) is 0 Å². The van der Waals surface area contributed by atoms with E-state index < -0.39 is 15.7 Å². The molecule has 1 saturated heterocycles. The summed E-state index contributed by atoms with van der Waals surface area (Å²) in [6.07, 6.45) is 0. The summed E-state index contributed by atoms with van der Waals surface area (Å²) >= 11 is 0. The van der Waals surface area contributed by atoms with Crippen LogP contribution in [0.4, 0.5) is 0 Å². The van der Waals surface area contributed by atoms with Crippen LogP contribution in [0.25, 0.3) is 0 Å². The molecule has 0 unspecified atom stereocenters. The Morgan fingerprint density at radius 3 is 2.00 bits per heavy atom. The highest BCUT2D eigenvalue weighted by molar-refractivity contribution is 7.86. The maximum atomic E-state index is 11.1. The molecule has 94 valence electrons. The van der Waals surface area contributed by atoms with Gasteiger partial charge >= 0.3 is 0 Å². The highest BCUT2D eigenvalue weighted by atomic mass is 32.2. The molecule has 0 spiro atoms. The van der Waals surface area contributed by atoms with E-state index in [1.807, 2.05) is 18.7 Å². The van der Waals surface area contributed by atoms with Crippen molar-refractivity contribution < 1.29 is 8.42 Å². The van der Waals surface area contributed by atoms with E-state index in [4.69, 9.17) is 16.3 Å². The SMILES string of the molecule is CC(C)(C(=N)N)N1CCN(S(N)(=O)=O)CC1. The third kappa shape index (κ3) is 2.70. The van der Waals surface area contributed by atoms with Crippen LogP contribution in [-0.2, 0) is 10.2 Å². The fourth-order valence-electron chi connectivity index (χ4n) is 1.67. The predicted octanol–water partition coefficient (Wildman–Crippen LogP) is -1.48. The Hall–Kier alpha value is -0.700. The standard InChI is InChI=1S/C8H19N5O2S/c1-8(2,7(9)10)12-3-5-13(6-4-12)16(11,14)15/h3-6H2,1-2H3,(H3,9,10)(H2,11,14,15). The van der Waals surface area contributed by atoms with Gasteiger partial charge in [0.1, 0.15) is 5.84 Å². The van der Waals surface area contributed by atoms with E-state index in [1.165, 1.54) is 4.31 Å². The van der Waals surface area contributed by atoms with Crippen molar-refractivity contribution in [3.63, 3.8) is 0 Å². The van der Waals surface area contributed by atoms with Crippen LogP contribution in [-0.4, -0.2) is 55.2 Å². The van der Waals surface area contributed by atoms with E-state index >= 15 is 0 Å². The lowest BCUT2D eigenvalue weighted by Crippen LogP contribution is -2.60. The first kappa shape index (κ1) is 13.4. The second-order valence-corrected chi connectivity index (χ2v) is 5.95. The smallest absolute Gasteiger partial charge is 0.276 e. The van der Waals surface area contributed by atoms with Crippen molar-refractivity contribution in [2.75, 3.05) is 26.2 Å². The van der Waals surface area contributed by atoms with E-state index in [2.05, 4.69) is 0 Å². The molecule has 1 fully saturated rings. The lowest BCUT2D eigenvalue weighted by atomic mass is 10.0. The molecule has 16 heavy (non-hydrogen) atoms. The topological polar surface area (TPSA) is 117 Å². The second-order valence-electron chi connectivity index (χ2n) is 4.40. The Morgan fingerprint density at radius 1 is 1.25 bits per heavy atom. The third-order valence-corrected chi connectivity index (χ3v) is 4.13. The first-order chi connectivity index (χ1) is 7.15. The molecular formula is C8H19N5O2S. The van der Waals surface area contributed by atoms with Crippen LogP contribution in [0.3, 0.4) is 0 Å². The van der Waals surface area contributed by atoms with Gasteiger partial charge in [-0.1, -0.05) is 0 Å². The van der Waals surface area contributed by atoms with Crippen molar-refractivity contribution in [1.82, 2.24) is 9.21 Å². The predicted molar refractivity (Wildman–Crippen MR) is 62.2 cm³/mol. The van der Waals surface area contributed by atoms with Gasteiger partial charge in [0.15, 0.2) is 0 Å². The zero-order valence-electron chi connectivity index (χ0n) is 9.60. The first-order valence-corrected chi connectivity index (χ1v) is 6.53. The lowest BCUT2D eigenvalue weighted by Gasteiger charge is -2.42. The summed E-state index contributed by atoms with van der Waals surface area (Å²) in [5.41, 5.74) is 4.97. The van der Waals surface area contributed by atoms with Crippen molar-refractivity contribution in [1.29, 1.82) is 5.41 Å². The van der Waals surface area contributed by atoms with Gasteiger partial charge in [-0.3, -0.25) is 10.3 Å². The number of nitrogens with two attached hydrogens (primary N) is 2. The van der Waals surface area contributed by atoms with Gasteiger partial charge in [0.05, 0.1) is 5.54 Å². The highest BCUT2D eigenvalue weighted by Crippen LogP contribution is 2.17. The molecule has 0 radical (unpaired) electrons. The van der Waals surface area contributed by atoms with Crippen LogP contribution in [0, 0.1) is 5.41 Å². The number of amidine groups is 1. The molecule has 0 bridgehead atoms. The highest BCUT2D eigenvalue weighted by Gasteiger charge is 2.34. The van der Waals surface area contributed by atoms with Crippen LogP contribution in [0.15, 0.2) is 0 Å². The number of nitrogens with one attached hydrogen (secondary N) is 1. The van der Waals surface area contributed by atoms with Crippen molar-refractivity contribution in [3.8, 4) is 0 Å². The molecule has 7 nitrogen and oxygen atoms in total. The van der Waals surface area contributed by atoms with Gasteiger partial charge in [0, 0.05) is 26.2 Å². The van der Waals surface area contributed by atoms with Gasteiger partial charge in [-0.25, -0.2) is 5.14 Å². The summed E-state index contributed by atoms with van der Waals surface area (Å²) in [6, 6.07) is 0. The van der Waals surface area contributed by atoms with E-state index in [9.17, 15) is 8.42 Å². The summed E-state index contributed by atoms with van der Waals surface area (Å²) in [4.78, 5) is 1.98. The Labute approximate surface area is 96.1 Å². The largest absolute Gasteiger partial charge is 0.386 e. The third-order valence-electron chi connectivity index (χ3n) is 3.05. The molecule has 0 amide bonds. The molecule has 1 aliphatic rings. The molecule has 5 N–H and O–H groups in total. The van der Waals surface area contributed by atoms with Gasteiger partial charge in [-0.15, -0.1) is 0 Å². The van der Waals surface area contributed by atoms with Crippen molar-refractivity contribution in [3.05, 3.63) is 0 Å². The summed E-state index contributed by atoms with van der Waals surface area (Å²) < 4.78 is 23.4. The Balaban J connectivity index is 2.66. The van der Waals surface area contributed by atoms with E-state index in [1.54, 1.807) is 0 Å². The Morgan fingerprint density at radius 2 is 1.69 bits per heavy atom. The fourth-order valence-corrected chi connectivity index (χ4v) is 2.34. The Bertz CT molecular complexity index is 370. The maximum Gasteiger partial charge on any atom is 0.276 e. The van der Waals surface area contributed by atoms with E-state index in [-0.39, 0.29) is 5.84 Å². The molecule has 8 heteroatoms. The van der Waals surface area contributed by atoms with Crippen LogP contribution in [0.2, 0.25) is 0 Å². The normalized spacial score (nSPS) is 20.9. The molecule has 1 heterocycles. The summed E-state index contributed by atoms with van der Waals surface area (Å²) in [5.74, 6) is 0.0801. The number of hydrogen-bond acceptors (Lipinski definition) is 4. The van der Waals surface area contributed by atoms with Gasteiger partial charge < -0.3 is 5.73 Å². The van der Waals surface area contributed by atoms with Gasteiger partial charge in [-0.05, 0) is 13.8 Å². The van der Waals surface area contributed by atoms with Crippen LogP contribution >= 0.6 is 0 Å². The van der Waals surface area contributed by atoms with Crippen LogP contribution < -0.4 is 10.9 Å². The first-order valence-electron chi connectivity index (χ1n) is 5.03. The quantitative estimate of drug-likeness (QED) is 0.418. The summed E-state index contributed by atoms with van der Waals surface area (Å²) in [5, 5.41) is 12.5. The van der Waals surface area contributed by atoms with Crippen molar-refractivity contribution in [2.24, 2.45) is 10.9 Å². The minimum Gasteiger partial charge on any atom is -0.386 e. The average molecular weight is 249 g/mol. The van der Waals surface area contributed by atoms with Gasteiger partial charge in [0.25, 0.3) is 10.2 Å². The fraction of sp³-hybridized carbons (Fsp3) is 0.875. The molecule has 0 aromatic rings. The van der Waals surface area contributed by atoms with Gasteiger partial charge in [-0.2, -0.15) is 12.7 Å². The second kappa shape index (κ2) is 4.28. The lowest BCUT2D eigenvalue weighted by molar-refractivity contribution is 0.121. The monoisotopic (exact) mass is 249 g/mol. The minimum atomic E-state index is -3.59. The minimum absolute atomic E-state index is 0.0801. The molecule has 0 saturated carbocycles. The number of hydrogen-bond donors (Lipinski definition) is 3. The molecule has 0 aliphatic carbocycles. The summed E-state index contributed by atoms with van der Waals surface area (Å²) in [7, 11) is -3.59. The molecular weight excluding hydrogens is 230 g/mol. The van der Waals surface area contributed by atoms with Crippen LogP contribution in [0.5, 0.6) is 0 Å². The Kier molecular flexibility index (Phi) is 3.58.